The lowest BCUT2D eigenvalue weighted by Gasteiger charge is -2.27. The highest BCUT2D eigenvalue weighted by molar-refractivity contribution is 5.95. The molecule has 2 heterocycles. The minimum absolute atomic E-state index is 0.0112. The van der Waals surface area contributed by atoms with Crippen LogP contribution in [0.25, 0.3) is 11.1 Å². The number of nitrogens with zero attached hydrogens (tertiary/aromatic N) is 2. The summed E-state index contributed by atoms with van der Waals surface area (Å²) in [4.78, 5) is 18.8. The number of anilines is 1. The minimum Gasteiger partial charge on any atom is -0.384 e. The van der Waals surface area contributed by atoms with E-state index in [1.54, 1.807) is 11.0 Å². The lowest BCUT2D eigenvalue weighted by molar-refractivity contribution is -0.000186. The first-order chi connectivity index (χ1) is 12.0. The molecule has 3 rings (SSSR count). The van der Waals surface area contributed by atoms with Gasteiger partial charge in [-0.1, -0.05) is 12.1 Å². The fourth-order valence-corrected chi connectivity index (χ4v) is 3.27. The normalized spacial score (nSPS) is 17.3. The van der Waals surface area contributed by atoms with Gasteiger partial charge in [-0.2, -0.15) is 0 Å². The van der Waals surface area contributed by atoms with Gasteiger partial charge >= 0.3 is 0 Å². The van der Waals surface area contributed by atoms with Crippen LogP contribution < -0.4 is 5.73 Å². The maximum absolute atomic E-state index is 12.8. The number of pyridine rings is 1. The second kappa shape index (κ2) is 7.66. The molecule has 5 heteroatoms. The Balaban J connectivity index is 1.77. The van der Waals surface area contributed by atoms with Crippen molar-refractivity contribution in [2.75, 3.05) is 25.9 Å². The molecular formula is C20H25N3O2. The monoisotopic (exact) mass is 339 g/mol. The average Bonchev–Trinajstić information content (AvgIpc) is 2.62. The molecule has 132 valence electrons. The van der Waals surface area contributed by atoms with Gasteiger partial charge in [0.25, 0.3) is 5.91 Å². The molecule has 2 N–H and O–H groups in total. The highest BCUT2D eigenvalue weighted by Gasteiger charge is 2.20. The molecule has 0 bridgehead atoms. The maximum Gasteiger partial charge on any atom is 0.253 e. The summed E-state index contributed by atoms with van der Waals surface area (Å²) in [6.07, 6.45) is 3.46. The molecule has 1 aromatic heterocycles. The van der Waals surface area contributed by atoms with Gasteiger partial charge < -0.3 is 15.4 Å². The van der Waals surface area contributed by atoms with Gasteiger partial charge in [0.2, 0.25) is 0 Å². The molecule has 1 amide bonds. The van der Waals surface area contributed by atoms with Crippen molar-refractivity contribution >= 4 is 11.7 Å². The maximum atomic E-state index is 12.8. The van der Waals surface area contributed by atoms with Crippen LogP contribution in [0.15, 0.2) is 36.4 Å². The Morgan fingerprint density at radius 1 is 1.32 bits per heavy atom. The lowest BCUT2D eigenvalue weighted by atomic mass is 10.0. The number of aromatic nitrogens is 1. The van der Waals surface area contributed by atoms with Gasteiger partial charge in [-0.3, -0.25) is 4.79 Å². The number of nitrogen functional groups attached to an aromatic ring is 1. The quantitative estimate of drug-likeness (QED) is 0.928. The zero-order valence-electron chi connectivity index (χ0n) is 14.9. The van der Waals surface area contributed by atoms with Gasteiger partial charge in [-0.25, -0.2) is 4.98 Å². The highest BCUT2D eigenvalue weighted by Crippen LogP contribution is 2.24. The van der Waals surface area contributed by atoms with Gasteiger partial charge in [0.1, 0.15) is 5.82 Å². The van der Waals surface area contributed by atoms with Crippen molar-refractivity contribution in [3.63, 3.8) is 0 Å². The van der Waals surface area contributed by atoms with E-state index >= 15 is 0 Å². The second-order valence-electron chi connectivity index (χ2n) is 6.62. The van der Waals surface area contributed by atoms with Crippen molar-refractivity contribution in [3.05, 3.63) is 47.7 Å². The first kappa shape index (κ1) is 17.4. The molecule has 1 aliphatic rings. The van der Waals surface area contributed by atoms with Gasteiger partial charge in [-0.05, 0) is 56.0 Å². The van der Waals surface area contributed by atoms with E-state index in [4.69, 9.17) is 10.5 Å². The largest absolute Gasteiger partial charge is 0.384 e. The SMILES string of the molecule is Cc1nc(N)ccc1-c1cccc(C(=O)N(C)C[C@H]2CCCCO2)c1. The molecule has 1 aliphatic heterocycles. The number of hydrogen-bond acceptors (Lipinski definition) is 4. The third kappa shape index (κ3) is 4.17. The van der Waals surface area contributed by atoms with Crippen molar-refractivity contribution in [3.8, 4) is 11.1 Å². The summed E-state index contributed by atoms with van der Waals surface area (Å²) in [5, 5.41) is 0. The molecule has 25 heavy (non-hydrogen) atoms. The Morgan fingerprint density at radius 3 is 2.88 bits per heavy atom. The molecule has 0 unspecified atom stereocenters. The van der Waals surface area contributed by atoms with Crippen LogP contribution in [-0.4, -0.2) is 42.1 Å². The molecule has 0 radical (unpaired) electrons. The van der Waals surface area contributed by atoms with E-state index < -0.39 is 0 Å². The zero-order valence-corrected chi connectivity index (χ0v) is 14.9. The average molecular weight is 339 g/mol. The topological polar surface area (TPSA) is 68.5 Å². The van der Waals surface area contributed by atoms with E-state index in [0.717, 1.165) is 36.3 Å². The summed E-state index contributed by atoms with van der Waals surface area (Å²) < 4.78 is 5.74. The van der Waals surface area contributed by atoms with Crippen molar-refractivity contribution < 1.29 is 9.53 Å². The number of ether oxygens (including phenoxy) is 1. The summed E-state index contributed by atoms with van der Waals surface area (Å²) in [5.41, 5.74) is 9.22. The molecule has 5 nitrogen and oxygen atoms in total. The number of aryl methyl sites for hydroxylation is 1. The number of rotatable bonds is 4. The van der Waals surface area contributed by atoms with Crippen molar-refractivity contribution in [2.24, 2.45) is 0 Å². The van der Waals surface area contributed by atoms with Crippen LogP contribution in [0.1, 0.15) is 35.3 Å². The first-order valence-electron chi connectivity index (χ1n) is 8.75. The van der Waals surface area contributed by atoms with E-state index in [1.807, 2.05) is 44.3 Å². The lowest BCUT2D eigenvalue weighted by Crippen LogP contribution is -2.37. The number of carbonyl (C=O) groups excluding carboxylic acids is 1. The zero-order chi connectivity index (χ0) is 17.8. The number of carbonyl (C=O) groups is 1. The number of nitrogens with two attached hydrogens (primary N) is 1. The summed E-state index contributed by atoms with van der Waals surface area (Å²) in [6.45, 7) is 3.35. The number of benzene rings is 1. The molecule has 1 fully saturated rings. The van der Waals surface area contributed by atoms with Crippen LogP contribution >= 0.6 is 0 Å². The first-order valence-corrected chi connectivity index (χ1v) is 8.75. The molecule has 1 atom stereocenters. The number of likely N-dealkylation sites (N-methyl/N-ethyl adjacent to an activating group) is 1. The van der Waals surface area contributed by atoms with Crippen LogP contribution in [0.5, 0.6) is 0 Å². The molecule has 2 aromatic rings. The van der Waals surface area contributed by atoms with Crippen LogP contribution in [-0.2, 0) is 4.74 Å². The molecular weight excluding hydrogens is 314 g/mol. The van der Waals surface area contributed by atoms with Gasteiger partial charge in [0.15, 0.2) is 0 Å². The van der Waals surface area contributed by atoms with E-state index in [-0.39, 0.29) is 12.0 Å². The third-order valence-corrected chi connectivity index (χ3v) is 4.63. The number of amides is 1. The fourth-order valence-electron chi connectivity index (χ4n) is 3.27. The Hall–Kier alpha value is -2.40. The van der Waals surface area contributed by atoms with Crippen molar-refractivity contribution in [1.29, 1.82) is 0 Å². The van der Waals surface area contributed by atoms with Crippen molar-refractivity contribution in [2.45, 2.75) is 32.3 Å². The fraction of sp³-hybridized carbons (Fsp3) is 0.400. The van der Waals surface area contributed by atoms with Gasteiger partial charge in [0, 0.05) is 37.0 Å². The van der Waals surface area contributed by atoms with E-state index in [0.29, 0.717) is 17.9 Å². The Labute approximate surface area is 148 Å². The predicted octanol–water partition coefficient (Wildman–Crippen LogP) is 3.28. The molecule has 0 saturated carbocycles. The standard InChI is InChI=1S/C20H25N3O2/c1-14-18(9-10-19(21)22-14)15-6-5-7-16(12-15)20(24)23(2)13-17-8-3-4-11-25-17/h5-7,9-10,12,17H,3-4,8,11,13H2,1-2H3,(H2,21,22)/t17-/m1/s1. The summed E-state index contributed by atoms with van der Waals surface area (Å²) in [6, 6.07) is 11.4. The highest BCUT2D eigenvalue weighted by atomic mass is 16.5. The van der Waals surface area contributed by atoms with Crippen molar-refractivity contribution in [1.82, 2.24) is 9.88 Å². The minimum atomic E-state index is 0.0112. The Morgan fingerprint density at radius 2 is 2.16 bits per heavy atom. The predicted molar refractivity (Wildman–Crippen MR) is 99.4 cm³/mol. The van der Waals surface area contributed by atoms with Crippen LogP contribution in [0.3, 0.4) is 0 Å². The second-order valence-corrected chi connectivity index (χ2v) is 6.62. The summed E-state index contributed by atoms with van der Waals surface area (Å²) in [7, 11) is 1.84. The summed E-state index contributed by atoms with van der Waals surface area (Å²) >= 11 is 0. The molecule has 0 spiro atoms. The third-order valence-electron chi connectivity index (χ3n) is 4.63. The molecule has 1 aromatic carbocycles. The van der Waals surface area contributed by atoms with Crippen LogP contribution in [0.4, 0.5) is 5.82 Å². The molecule has 1 saturated heterocycles. The van der Waals surface area contributed by atoms with E-state index in [9.17, 15) is 4.79 Å². The molecule has 0 aliphatic carbocycles. The smallest absolute Gasteiger partial charge is 0.253 e. The Bertz CT molecular complexity index is 754. The van der Waals surface area contributed by atoms with Crippen LogP contribution in [0.2, 0.25) is 0 Å². The van der Waals surface area contributed by atoms with Gasteiger partial charge in [-0.15, -0.1) is 0 Å². The van der Waals surface area contributed by atoms with E-state index in [1.165, 1.54) is 6.42 Å². The summed E-state index contributed by atoms with van der Waals surface area (Å²) in [5.74, 6) is 0.512. The number of hydrogen-bond donors (Lipinski definition) is 1. The Kier molecular flexibility index (Phi) is 5.34. The van der Waals surface area contributed by atoms with E-state index in [2.05, 4.69) is 4.98 Å². The van der Waals surface area contributed by atoms with Crippen LogP contribution in [0, 0.1) is 6.92 Å². The van der Waals surface area contributed by atoms with Gasteiger partial charge in [0.05, 0.1) is 6.10 Å².